The highest BCUT2D eigenvalue weighted by molar-refractivity contribution is 5.13. The fourth-order valence-electron chi connectivity index (χ4n) is 4.90. The molecule has 4 heteroatoms. The second kappa shape index (κ2) is 28.2. The first kappa shape index (κ1) is 38.4. The molecule has 0 amide bonds. The van der Waals surface area contributed by atoms with E-state index in [-0.39, 0.29) is 12.2 Å². The van der Waals surface area contributed by atoms with Crippen LogP contribution in [0, 0.1) is 11.8 Å². The van der Waals surface area contributed by atoms with Crippen LogP contribution in [0.2, 0.25) is 0 Å². The molecule has 38 heavy (non-hydrogen) atoms. The molecule has 2 fully saturated rings. The molecule has 4 nitrogen and oxygen atoms in total. The van der Waals surface area contributed by atoms with Crippen molar-refractivity contribution in [2.45, 2.75) is 145 Å². The summed E-state index contributed by atoms with van der Waals surface area (Å²) in [7, 11) is 0. The van der Waals surface area contributed by atoms with E-state index in [4.69, 9.17) is 0 Å². The van der Waals surface area contributed by atoms with Gasteiger partial charge in [-0.25, -0.2) is 0 Å². The van der Waals surface area contributed by atoms with Crippen molar-refractivity contribution in [2.75, 3.05) is 0 Å². The predicted molar refractivity (Wildman–Crippen MR) is 166 cm³/mol. The molecule has 2 saturated carbocycles. The van der Waals surface area contributed by atoms with Gasteiger partial charge in [-0.1, -0.05) is 119 Å². The largest absolute Gasteiger partial charge is 0.388 e. The standard InChI is InChI=1S/2C13H19NO.4C2H6/c2*15-13(12-8-5-9-14-10-12)11-6-3-1-2-4-7-11;4*1-2/h2*5,8-11,13,15H,1-4,6-7H2;4*1-2H3/t2*13-;;;;/m11..../s1. The van der Waals surface area contributed by atoms with Gasteiger partial charge in [-0.3, -0.25) is 9.97 Å². The summed E-state index contributed by atoms with van der Waals surface area (Å²) in [6.07, 6.45) is 21.5. The minimum Gasteiger partial charge on any atom is -0.388 e. The Balaban J connectivity index is 0. The third-order valence-electron chi connectivity index (χ3n) is 6.74. The minimum atomic E-state index is -0.309. The molecule has 0 aromatic carbocycles. The van der Waals surface area contributed by atoms with Gasteiger partial charge in [-0.05, 0) is 60.8 Å². The van der Waals surface area contributed by atoms with Crippen LogP contribution in [-0.2, 0) is 0 Å². The second-order valence-corrected chi connectivity index (χ2v) is 8.97. The third-order valence-corrected chi connectivity index (χ3v) is 6.74. The molecule has 0 aliphatic heterocycles. The van der Waals surface area contributed by atoms with Crippen LogP contribution in [0.15, 0.2) is 49.1 Å². The Morgan fingerprint density at radius 2 is 0.816 bits per heavy atom. The monoisotopic (exact) mass is 530 g/mol. The lowest BCUT2D eigenvalue weighted by Crippen LogP contribution is -2.12. The average molecular weight is 531 g/mol. The van der Waals surface area contributed by atoms with Gasteiger partial charge in [0.25, 0.3) is 0 Å². The first-order valence-electron chi connectivity index (χ1n) is 15.9. The quantitative estimate of drug-likeness (QED) is 0.386. The van der Waals surface area contributed by atoms with Crippen molar-refractivity contribution >= 4 is 0 Å². The smallest absolute Gasteiger partial charge is 0.0833 e. The number of hydrogen-bond donors (Lipinski definition) is 2. The van der Waals surface area contributed by atoms with Gasteiger partial charge in [0.15, 0.2) is 0 Å². The zero-order valence-corrected chi connectivity index (χ0v) is 26.2. The molecule has 2 N–H and O–H groups in total. The summed E-state index contributed by atoms with van der Waals surface area (Å²) in [4.78, 5) is 8.13. The van der Waals surface area contributed by atoms with Crippen molar-refractivity contribution < 1.29 is 10.2 Å². The van der Waals surface area contributed by atoms with Gasteiger partial charge in [0.1, 0.15) is 0 Å². The van der Waals surface area contributed by atoms with Crippen LogP contribution in [0.3, 0.4) is 0 Å². The third kappa shape index (κ3) is 16.2. The van der Waals surface area contributed by atoms with E-state index in [1.165, 1.54) is 51.4 Å². The van der Waals surface area contributed by atoms with Crippen molar-refractivity contribution in [2.24, 2.45) is 11.8 Å². The molecule has 0 unspecified atom stereocenters. The van der Waals surface area contributed by atoms with E-state index in [2.05, 4.69) is 9.97 Å². The maximum atomic E-state index is 10.2. The first-order chi connectivity index (χ1) is 18.8. The summed E-state index contributed by atoms with van der Waals surface area (Å²) in [6, 6.07) is 7.75. The highest BCUT2D eigenvalue weighted by Crippen LogP contribution is 2.34. The van der Waals surface area contributed by atoms with Gasteiger partial charge < -0.3 is 10.2 Å². The molecule has 0 bridgehead atoms. The Labute approximate surface area is 236 Å². The molecule has 4 rings (SSSR count). The normalized spacial score (nSPS) is 17.1. The molecule has 0 radical (unpaired) electrons. The molecule has 2 atom stereocenters. The Bertz CT molecular complexity index is 619. The van der Waals surface area contributed by atoms with Crippen molar-refractivity contribution in [3.63, 3.8) is 0 Å². The van der Waals surface area contributed by atoms with E-state index in [9.17, 15) is 10.2 Å². The summed E-state index contributed by atoms with van der Waals surface area (Å²) in [5.74, 6) is 0.883. The van der Waals surface area contributed by atoms with Crippen LogP contribution in [0.25, 0.3) is 0 Å². The lowest BCUT2D eigenvalue weighted by Gasteiger charge is -2.21. The summed E-state index contributed by atoms with van der Waals surface area (Å²) >= 11 is 0. The number of hydrogen-bond acceptors (Lipinski definition) is 4. The molecular formula is C34H62N2O2. The van der Waals surface area contributed by atoms with E-state index in [0.717, 1.165) is 36.8 Å². The fourth-order valence-corrected chi connectivity index (χ4v) is 4.90. The number of rotatable bonds is 4. The van der Waals surface area contributed by atoms with Crippen molar-refractivity contribution in [1.82, 2.24) is 9.97 Å². The molecule has 2 heterocycles. The Hall–Kier alpha value is -1.78. The van der Waals surface area contributed by atoms with Crippen LogP contribution >= 0.6 is 0 Å². The number of aromatic nitrogens is 2. The van der Waals surface area contributed by atoms with Crippen LogP contribution in [0.4, 0.5) is 0 Å². The molecule has 2 aromatic heterocycles. The Morgan fingerprint density at radius 1 is 0.526 bits per heavy atom. The van der Waals surface area contributed by atoms with E-state index in [0.29, 0.717) is 11.8 Å². The lowest BCUT2D eigenvalue weighted by atomic mass is 9.90. The zero-order chi connectivity index (χ0) is 29.0. The Morgan fingerprint density at radius 3 is 1.05 bits per heavy atom. The van der Waals surface area contributed by atoms with Crippen LogP contribution < -0.4 is 0 Å². The second-order valence-electron chi connectivity index (χ2n) is 8.97. The molecule has 2 aliphatic carbocycles. The van der Waals surface area contributed by atoms with Gasteiger partial charge in [0.2, 0.25) is 0 Å². The SMILES string of the molecule is CC.CC.CC.CC.O[C@@H](c1cccnc1)C1CCCCCC1.O[C@@H](c1cccnc1)C1CCCCCC1. The maximum Gasteiger partial charge on any atom is 0.0833 e. The molecule has 2 aromatic rings. The number of aliphatic hydroxyl groups excluding tert-OH is 2. The van der Waals surface area contributed by atoms with Gasteiger partial charge in [-0.15, -0.1) is 0 Å². The zero-order valence-electron chi connectivity index (χ0n) is 26.2. The molecule has 0 saturated heterocycles. The molecule has 2 aliphatic rings. The fraction of sp³-hybridized carbons (Fsp3) is 0.706. The van der Waals surface area contributed by atoms with Gasteiger partial charge >= 0.3 is 0 Å². The van der Waals surface area contributed by atoms with E-state index in [1.807, 2.05) is 79.7 Å². The lowest BCUT2D eigenvalue weighted by molar-refractivity contribution is 0.0983. The van der Waals surface area contributed by atoms with Crippen LogP contribution in [-0.4, -0.2) is 20.2 Å². The van der Waals surface area contributed by atoms with E-state index in [1.54, 1.807) is 24.8 Å². The van der Waals surface area contributed by atoms with Gasteiger partial charge in [0, 0.05) is 24.8 Å². The summed E-state index contributed by atoms with van der Waals surface area (Å²) < 4.78 is 0. The number of nitrogens with zero attached hydrogens (tertiary/aromatic N) is 2. The Kier molecular flexibility index (Phi) is 28.5. The molecule has 0 spiro atoms. The van der Waals surface area contributed by atoms with Crippen LogP contribution in [0.1, 0.15) is 156 Å². The number of aliphatic hydroxyl groups is 2. The predicted octanol–water partition coefficient (Wildman–Crippen LogP) is 10.3. The van der Waals surface area contributed by atoms with Crippen molar-refractivity contribution in [1.29, 1.82) is 0 Å². The van der Waals surface area contributed by atoms with Crippen LogP contribution in [0.5, 0.6) is 0 Å². The molecular weight excluding hydrogens is 468 g/mol. The number of pyridine rings is 2. The average Bonchev–Trinajstić information content (AvgIpc) is 3.48. The van der Waals surface area contributed by atoms with Crippen molar-refractivity contribution in [3.05, 3.63) is 60.2 Å². The van der Waals surface area contributed by atoms with Gasteiger partial charge in [-0.2, -0.15) is 0 Å². The minimum absolute atomic E-state index is 0.309. The highest BCUT2D eigenvalue weighted by atomic mass is 16.3. The topological polar surface area (TPSA) is 66.2 Å². The summed E-state index contributed by atoms with van der Waals surface area (Å²) in [5.41, 5.74) is 1.95. The summed E-state index contributed by atoms with van der Waals surface area (Å²) in [6.45, 7) is 16.0. The van der Waals surface area contributed by atoms with Gasteiger partial charge in [0.05, 0.1) is 12.2 Å². The van der Waals surface area contributed by atoms with E-state index >= 15 is 0 Å². The molecule has 220 valence electrons. The highest BCUT2D eigenvalue weighted by Gasteiger charge is 2.22. The van der Waals surface area contributed by atoms with E-state index < -0.39 is 0 Å². The van der Waals surface area contributed by atoms with Crippen molar-refractivity contribution in [3.8, 4) is 0 Å². The first-order valence-corrected chi connectivity index (χ1v) is 15.9. The summed E-state index contributed by atoms with van der Waals surface area (Å²) in [5, 5.41) is 20.5. The maximum absolute atomic E-state index is 10.2.